The van der Waals surface area contributed by atoms with Gasteiger partial charge in [0.25, 0.3) is 0 Å². The Morgan fingerprint density at radius 1 is 1.05 bits per heavy atom. The van der Waals surface area contributed by atoms with E-state index in [2.05, 4.69) is 0 Å². The Bertz CT molecular complexity index is 643. The minimum atomic E-state index is -1.19. The van der Waals surface area contributed by atoms with Crippen LogP contribution in [0.2, 0.25) is 5.02 Å². The molecule has 0 aliphatic rings. The van der Waals surface area contributed by atoms with E-state index in [1.54, 1.807) is 6.07 Å². The van der Waals surface area contributed by atoms with Crippen molar-refractivity contribution in [1.82, 2.24) is 0 Å². The lowest BCUT2D eigenvalue weighted by molar-refractivity contribution is 0.173. The van der Waals surface area contributed by atoms with Gasteiger partial charge in [-0.15, -0.1) is 0 Å². The van der Waals surface area contributed by atoms with Gasteiger partial charge in [-0.3, -0.25) is 0 Å². The van der Waals surface area contributed by atoms with E-state index in [-0.39, 0.29) is 22.6 Å². The largest absolute Gasteiger partial charge is 0.388 e. The molecule has 0 amide bonds. The molecule has 1 unspecified atom stereocenters. The van der Waals surface area contributed by atoms with Gasteiger partial charge in [0.15, 0.2) is 0 Å². The highest BCUT2D eigenvalue weighted by Gasteiger charge is 2.16. The molecule has 0 spiro atoms. The quantitative estimate of drug-likeness (QED) is 0.894. The average Bonchev–Trinajstić information content (AvgIpc) is 2.38. The van der Waals surface area contributed by atoms with Crippen molar-refractivity contribution in [2.75, 3.05) is 0 Å². The van der Waals surface area contributed by atoms with Crippen LogP contribution in [0.4, 0.5) is 13.2 Å². The molecule has 2 aromatic rings. The molecule has 0 bridgehead atoms. The van der Waals surface area contributed by atoms with Crippen LogP contribution in [0.1, 0.15) is 22.8 Å². The Hall–Kier alpha value is -1.52. The number of aliphatic hydroxyl groups excluding tert-OH is 1. The molecule has 2 aromatic carbocycles. The van der Waals surface area contributed by atoms with E-state index in [1.807, 2.05) is 0 Å². The van der Waals surface area contributed by atoms with Gasteiger partial charge in [0, 0.05) is 18.1 Å². The molecule has 0 radical (unpaired) electrons. The van der Waals surface area contributed by atoms with Crippen molar-refractivity contribution in [2.24, 2.45) is 0 Å². The second-order valence-corrected chi connectivity index (χ2v) is 5.00. The zero-order valence-electron chi connectivity index (χ0n) is 10.6. The molecular weight excluding hydrogens is 289 g/mol. The summed E-state index contributed by atoms with van der Waals surface area (Å²) in [7, 11) is 0. The molecule has 1 atom stereocenters. The number of benzene rings is 2. The molecule has 0 aromatic heterocycles. The van der Waals surface area contributed by atoms with E-state index in [9.17, 15) is 18.3 Å². The predicted octanol–water partition coefficient (Wildman–Crippen LogP) is 4.34. The molecule has 0 fully saturated rings. The highest BCUT2D eigenvalue weighted by Crippen LogP contribution is 2.25. The average molecular weight is 301 g/mol. The summed E-state index contributed by atoms with van der Waals surface area (Å²) in [4.78, 5) is 0. The molecule has 0 aliphatic heterocycles. The third-order valence-electron chi connectivity index (χ3n) is 3.05. The van der Waals surface area contributed by atoms with Crippen molar-refractivity contribution in [3.8, 4) is 0 Å². The van der Waals surface area contributed by atoms with Gasteiger partial charge in [-0.1, -0.05) is 17.7 Å². The number of aliphatic hydroxyl groups is 1. The Morgan fingerprint density at radius 3 is 2.40 bits per heavy atom. The summed E-state index contributed by atoms with van der Waals surface area (Å²) < 4.78 is 40.1. The summed E-state index contributed by atoms with van der Waals surface area (Å²) in [6, 6.07) is 6.08. The van der Waals surface area contributed by atoms with Gasteiger partial charge in [0.1, 0.15) is 17.5 Å². The first-order valence-electron chi connectivity index (χ1n) is 5.96. The van der Waals surface area contributed by atoms with Gasteiger partial charge < -0.3 is 5.11 Å². The van der Waals surface area contributed by atoms with Crippen molar-refractivity contribution in [1.29, 1.82) is 0 Å². The van der Waals surface area contributed by atoms with Gasteiger partial charge in [-0.2, -0.15) is 0 Å². The Balaban J connectivity index is 2.25. The highest BCUT2D eigenvalue weighted by molar-refractivity contribution is 6.30. The van der Waals surface area contributed by atoms with Crippen LogP contribution in [-0.2, 0) is 6.42 Å². The zero-order chi connectivity index (χ0) is 14.9. The molecule has 0 saturated heterocycles. The fourth-order valence-electron chi connectivity index (χ4n) is 1.93. The van der Waals surface area contributed by atoms with Crippen molar-refractivity contribution in [3.63, 3.8) is 0 Å². The van der Waals surface area contributed by atoms with Crippen molar-refractivity contribution in [2.45, 2.75) is 19.4 Å². The first-order valence-corrected chi connectivity index (χ1v) is 6.34. The Labute approximate surface area is 119 Å². The fraction of sp³-hybridized carbons (Fsp3) is 0.200. The van der Waals surface area contributed by atoms with Gasteiger partial charge in [-0.25, -0.2) is 13.2 Å². The van der Waals surface area contributed by atoms with E-state index >= 15 is 0 Å². The van der Waals surface area contributed by atoms with E-state index in [4.69, 9.17) is 11.6 Å². The minimum absolute atomic E-state index is 0.0100. The Morgan fingerprint density at radius 2 is 1.75 bits per heavy atom. The number of aryl methyl sites for hydroxylation is 1. The topological polar surface area (TPSA) is 20.2 Å². The molecule has 20 heavy (non-hydrogen) atoms. The summed E-state index contributed by atoms with van der Waals surface area (Å²) >= 11 is 5.56. The molecule has 5 heteroatoms. The van der Waals surface area contributed by atoms with E-state index in [0.29, 0.717) is 5.56 Å². The van der Waals surface area contributed by atoms with Gasteiger partial charge in [0.2, 0.25) is 0 Å². The lowest BCUT2D eigenvalue weighted by Gasteiger charge is -2.13. The normalized spacial score (nSPS) is 12.5. The van der Waals surface area contributed by atoms with Crippen LogP contribution in [0.5, 0.6) is 0 Å². The monoisotopic (exact) mass is 300 g/mol. The maximum Gasteiger partial charge on any atom is 0.142 e. The van der Waals surface area contributed by atoms with Crippen molar-refractivity contribution >= 4 is 11.6 Å². The fourth-order valence-corrected chi connectivity index (χ4v) is 2.05. The minimum Gasteiger partial charge on any atom is -0.388 e. The predicted molar refractivity (Wildman–Crippen MR) is 71.2 cm³/mol. The molecule has 0 aliphatic carbocycles. The molecule has 0 heterocycles. The summed E-state index contributed by atoms with van der Waals surface area (Å²) in [5.74, 6) is -2.10. The van der Waals surface area contributed by atoms with E-state index in [0.717, 1.165) is 6.07 Å². The summed E-state index contributed by atoms with van der Waals surface area (Å²) in [6.45, 7) is 1.48. The first kappa shape index (κ1) is 14.9. The molecule has 1 N–H and O–H groups in total. The van der Waals surface area contributed by atoms with Gasteiger partial charge in [-0.05, 0) is 36.2 Å². The summed E-state index contributed by atoms with van der Waals surface area (Å²) in [5, 5.41) is 9.99. The lowest BCUT2D eigenvalue weighted by atomic mass is 9.99. The standard InChI is InChI=1S/C15H12ClF3O/c1-8-4-10(13(18)7-12(8)17)15(20)6-9-2-3-11(16)14(19)5-9/h2-5,7,15,20H,6H2,1H3. The number of halogens is 4. The third-order valence-corrected chi connectivity index (χ3v) is 3.36. The molecule has 2 rings (SSSR count). The second-order valence-electron chi connectivity index (χ2n) is 4.59. The molecular formula is C15H12ClF3O. The SMILES string of the molecule is Cc1cc(C(O)Cc2ccc(Cl)c(F)c2)c(F)cc1F. The van der Waals surface area contributed by atoms with Crippen LogP contribution >= 0.6 is 11.6 Å². The van der Waals surface area contributed by atoms with Gasteiger partial charge >= 0.3 is 0 Å². The van der Waals surface area contributed by atoms with E-state index < -0.39 is 23.6 Å². The van der Waals surface area contributed by atoms with Gasteiger partial charge in [0.05, 0.1) is 11.1 Å². The van der Waals surface area contributed by atoms with Crippen LogP contribution < -0.4 is 0 Å². The number of hydrogen-bond acceptors (Lipinski definition) is 1. The van der Waals surface area contributed by atoms with Crippen molar-refractivity contribution in [3.05, 3.63) is 69.5 Å². The highest BCUT2D eigenvalue weighted by atomic mass is 35.5. The molecule has 106 valence electrons. The zero-order valence-corrected chi connectivity index (χ0v) is 11.4. The third kappa shape index (κ3) is 3.14. The number of rotatable bonds is 3. The van der Waals surface area contributed by atoms with Crippen LogP contribution in [0.3, 0.4) is 0 Å². The summed E-state index contributed by atoms with van der Waals surface area (Å²) in [5.41, 5.74) is 0.697. The molecule has 0 saturated carbocycles. The van der Waals surface area contributed by atoms with Crippen LogP contribution in [0.15, 0.2) is 30.3 Å². The van der Waals surface area contributed by atoms with Crippen LogP contribution in [-0.4, -0.2) is 5.11 Å². The van der Waals surface area contributed by atoms with Crippen LogP contribution in [0.25, 0.3) is 0 Å². The molecule has 1 nitrogen and oxygen atoms in total. The first-order chi connectivity index (χ1) is 9.38. The maximum atomic E-state index is 13.6. The second kappa shape index (κ2) is 5.85. The maximum absolute atomic E-state index is 13.6. The lowest BCUT2D eigenvalue weighted by Crippen LogP contribution is -2.06. The Kier molecular flexibility index (Phi) is 4.35. The number of hydrogen-bond donors (Lipinski definition) is 1. The van der Waals surface area contributed by atoms with Crippen LogP contribution in [0, 0.1) is 24.4 Å². The van der Waals surface area contributed by atoms with Crippen molar-refractivity contribution < 1.29 is 18.3 Å². The smallest absolute Gasteiger partial charge is 0.142 e. The van der Waals surface area contributed by atoms with E-state index in [1.165, 1.54) is 25.1 Å². The summed E-state index contributed by atoms with van der Waals surface area (Å²) in [6.07, 6.45) is -1.18.